The van der Waals surface area contributed by atoms with Crippen molar-refractivity contribution in [3.8, 4) is 22.3 Å². The van der Waals surface area contributed by atoms with Crippen LogP contribution in [0.25, 0.3) is 22.3 Å². The summed E-state index contributed by atoms with van der Waals surface area (Å²) >= 11 is 0. The van der Waals surface area contributed by atoms with E-state index in [1.54, 1.807) is 30.5 Å². The van der Waals surface area contributed by atoms with Crippen molar-refractivity contribution < 1.29 is 17.9 Å². The van der Waals surface area contributed by atoms with Gasteiger partial charge in [-0.05, 0) is 30.2 Å². The number of hydrogen-bond acceptors (Lipinski definition) is 4. The number of carbonyl (C=O) groups is 1. The Morgan fingerprint density at radius 2 is 1.54 bits per heavy atom. The van der Waals surface area contributed by atoms with Crippen molar-refractivity contribution in [2.75, 3.05) is 13.4 Å². The third-order valence-electron chi connectivity index (χ3n) is 4.20. The van der Waals surface area contributed by atoms with Gasteiger partial charge in [0.25, 0.3) is 0 Å². The van der Waals surface area contributed by atoms with Crippen molar-refractivity contribution in [1.29, 1.82) is 0 Å². The smallest absolute Gasteiger partial charge is 0.355 e. The van der Waals surface area contributed by atoms with E-state index in [1.165, 1.54) is 13.4 Å². The number of hydrogen-bond donors (Lipinski definition) is 1. The number of nitrogens with one attached hydrogen (secondary N) is 1. The van der Waals surface area contributed by atoms with Crippen LogP contribution in [0, 0.1) is 6.92 Å². The number of H-pyrrole nitrogens is 1. The summed E-state index contributed by atoms with van der Waals surface area (Å²) in [5, 5.41) is 0. The zero-order valence-corrected chi connectivity index (χ0v) is 15.6. The molecule has 0 fully saturated rings. The number of aromatic nitrogens is 1. The lowest BCUT2D eigenvalue weighted by atomic mass is 9.96. The highest BCUT2D eigenvalue weighted by Gasteiger charge is 2.20. The van der Waals surface area contributed by atoms with Gasteiger partial charge in [0, 0.05) is 23.6 Å². The van der Waals surface area contributed by atoms with Crippen LogP contribution in [0.5, 0.6) is 0 Å². The Hall–Kier alpha value is -2.86. The van der Waals surface area contributed by atoms with E-state index in [0.717, 1.165) is 27.8 Å². The average molecular weight is 369 g/mol. The van der Waals surface area contributed by atoms with Crippen LogP contribution in [-0.2, 0) is 14.6 Å². The summed E-state index contributed by atoms with van der Waals surface area (Å²) in [6.45, 7) is 1.99. The van der Waals surface area contributed by atoms with E-state index in [-0.39, 0.29) is 4.90 Å². The van der Waals surface area contributed by atoms with Gasteiger partial charge in [-0.25, -0.2) is 13.2 Å². The molecule has 26 heavy (non-hydrogen) atoms. The zero-order valence-electron chi connectivity index (χ0n) is 14.7. The molecule has 2 aromatic carbocycles. The second-order valence-corrected chi connectivity index (χ2v) is 8.12. The molecule has 0 saturated heterocycles. The monoisotopic (exact) mass is 369 g/mol. The second-order valence-electron chi connectivity index (χ2n) is 6.11. The molecule has 1 heterocycles. The lowest BCUT2D eigenvalue weighted by Crippen LogP contribution is -2.03. The van der Waals surface area contributed by atoms with Crippen LogP contribution in [0.15, 0.2) is 59.6 Å². The fraction of sp³-hybridized carbons (Fsp3) is 0.150. The molecule has 0 aliphatic rings. The summed E-state index contributed by atoms with van der Waals surface area (Å²) in [7, 11) is -1.93. The number of sulfone groups is 1. The maximum atomic E-state index is 12.2. The van der Waals surface area contributed by atoms with Crippen LogP contribution >= 0.6 is 0 Å². The summed E-state index contributed by atoms with van der Waals surface area (Å²) in [4.78, 5) is 15.4. The SMILES string of the molecule is COC(=O)c1[nH]cc(-c2ccc(S(C)(=O)=O)cc2)c1-c1ccc(C)cc1. The molecular formula is C20H19NO4S. The average Bonchev–Trinajstić information content (AvgIpc) is 3.06. The van der Waals surface area contributed by atoms with Crippen molar-refractivity contribution in [3.05, 3.63) is 66.0 Å². The second kappa shape index (κ2) is 6.80. The van der Waals surface area contributed by atoms with Gasteiger partial charge in [0.05, 0.1) is 12.0 Å². The quantitative estimate of drug-likeness (QED) is 0.709. The zero-order chi connectivity index (χ0) is 18.9. The molecule has 1 aromatic heterocycles. The minimum Gasteiger partial charge on any atom is -0.464 e. The predicted molar refractivity (Wildman–Crippen MR) is 101 cm³/mol. The first kappa shape index (κ1) is 17.9. The fourth-order valence-corrected chi connectivity index (χ4v) is 3.45. The molecular weight excluding hydrogens is 350 g/mol. The number of methoxy groups -OCH3 is 1. The van der Waals surface area contributed by atoms with Gasteiger partial charge in [-0.15, -0.1) is 0 Å². The molecule has 0 unspecified atom stereocenters. The molecule has 0 amide bonds. The summed E-state index contributed by atoms with van der Waals surface area (Å²) in [5.74, 6) is -0.459. The van der Waals surface area contributed by atoms with Crippen LogP contribution in [-0.4, -0.2) is 32.7 Å². The number of rotatable bonds is 4. The molecule has 3 aromatic rings. The summed E-state index contributed by atoms with van der Waals surface area (Å²) in [5.41, 5.74) is 4.68. The topological polar surface area (TPSA) is 76.2 Å². The summed E-state index contributed by atoms with van der Waals surface area (Å²) < 4.78 is 28.2. The van der Waals surface area contributed by atoms with Gasteiger partial charge < -0.3 is 9.72 Å². The van der Waals surface area contributed by atoms with Gasteiger partial charge in [0.15, 0.2) is 9.84 Å². The summed E-state index contributed by atoms with van der Waals surface area (Å²) in [6.07, 6.45) is 2.91. The first-order valence-corrected chi connectivity index (χ1v) is 9.87. The molecule has 0 saturated carbocycles. The van der Waals surface area contributed by atoms with Crippen LogP contribution < -0.4 is 0 Å². The molecule has 0 spiro atoms. The molecule has 0 aliphatic carbocycles. The van der Waals surface area contributed by atoms with Crippen molar-refractivity contribution in [3.63, 3.8) is 0 Å². The van der Waals surface area contributed by atoms with Gasteiger partial charge in [-0.1, -0.05) is 42.0 Å². The number of esters is 1. The van der Waals surface area contributed by atoms with E-state index in [2.05, 4.69) is 4.98 Å². The third kappa shape index (κ3) is 3.41. The van der Waals surface area contributed by atoms with Crippen LogP contribution in [0.2, 0.25) is 0 Å². The Balaban J connectivity index is 2.17. The number of benzene rings is 2. The molecule has 0 bridgehead atoms. The minimum absolute atomic E-state index is 0.252. The first-order chi connectivity index (χ1) is 12.3. The predicted octanol–water partition coefficient (Wildman–Crippen LogP) is 3.85. The lowest BCUT2D eigenvalue weighted by molar-refractivity contribution is 0.0595. The van der Waals surface area contributed by atoms with Gasteiger partial charge in [0.1, 0.15) is 5.69 Å². The normalized spacial score (nSPS) is 11.3. The Morgan fingerprint density at radius 3 is 2.08 bits per heavy atom. The maximum Gasteiger partial charge on any atom is 0.355 e. The molecule has 0 atom stereocenters. The summed E-state index contributed by atoms with van der Waals surface area (Å²) in [6, 6.07) is 14.4. The van der Waals surface area contributed by atoms with Crippen LogP contribution in [0.3, 0.4) is 0 Å². The standard InChI is InChI=1S/C20H19NO4S/c1-13-4-6-15(7-5-13)18-17(12-21-19(18)20(22)25-2)14-8-10-16(11-9-14)26(3,23)24/h4-12,21H,1-3H3. The number of aryl methyl sites for hydroxylation is 1. The van der Waals surface area contributed by atoms with Gasteiger partial charge in [-0.2, -0.15) is 0 Å². The molecule has 6 heteroatoms. The van der Waals surface area contributed by atoms with Crippen molar-refractivity contribution in [2.45, 2.75) is 11.8 Å². The molecule has 0 radical (unpaired) electrons. The minimum atomic E-state index is -3.26. The van der Waals surface area contributed by atoms with Crippen LogP contribution in [0.1, 0.15) is 16.1 Å². The Kier molecular flexibility index (Phi) is 4.70. The largest absolute Gasteiger partial charge is 0.464 e. The van der Waals surface area contributed by atoms with E-state index >= 15 is 0 Å². The third-order valence-corrected chi connectivity index (χ3v) is 5.33. The number of ether oxygens (including phenoxy) is 1. The number of aromatic amines is 1. The Morgan fingerprint density at radius 1 is 0.962 bits per heavy atom. The molecule has 5 nitrogen and oxygen atoms in total. The molecule has 3 rings (SSSR count). The number of carbonyl (C=O) groups excluding carboxylic acids is 1. The Bertz CT molecular complexity index is 1050. The van der Waals surface area contributed by atoms with E-state index in [0.29, 0.717) is 5.69 Å². The van der Waals surface area contributed by atoms with Crippen LogP contribution in [0.4, 0.5) is 0 Å². The lowest BCUT2D eigenvalue weighted by Gasteiger charge is -2.08. The van der Waals surface area contributed by atoms with Gasteiger partial charge >= 0.3 is 5.97 Å². The van der Waals surface area contributed by atoms with Gasteiger partial charge in [-0.3, -0.25) is 0 Å². The molecule has 1 N–H and O–H groups in total. The first-order valence-electron chi connectivity index (χ1n) is 7.98. The molecule has 0 aliphatic heterocycles. The highest BCUT2D eigenvalue weighted by atomic mass is 32.2. The van der Waals surface area contributed by atoms with Crippen molar-refractivity contribution >= 4 is 15.8 Å². The van der Waals surface area contributed by atoms with E-state index < -0.39 is 15.8 Å². The van der Waals surface area contributed by atoms with Gasteiger partial charge in [0.2, 0.25) is 0 Å². The Labute approximate surface area is 152 Å². The van der Waals surface area contributed by atoms with Crippen molar-refractivity contribution in [1.82, 2.24) is 4.98 Å². The van der Waals surface area contributed by atoms with E-state index in [9.17, 15) is 13.2 Å². The van der Waals surface area contributed by atoms with E-state index in [4.69, 9.17) is 4.74 Å². The highest BCUT2D eigenvalue weighted by molar-refractivity contribution is 7.90. The molecule has 134 valence electrons. The van der Waals surface area contributed by atoms with E-state index in [1.807, 2.05) is 31.2 Å². The van der Waals surface area contributed by atoms with Crippen molar-refractivity contribution in [2.24, 2.45) is 0 Å². The maximum absolute atomic E-state index is 12.2. The highest BCUT2D eigenvalue weighted by Crippen LogP contribution is 2.36. The fourth-order valence-electron chi connectivity index (χ4n) is 2.82.